The molecule has 3 aromatic rings. The van der Waals surface area contributed by atoms with E-state index in [1.807, 2.05) is 0 Å². The molecule has 1 aromatic heterocycles. The molecule has 12 heteroatoms. The van der Waals surface area contributed by atoms with Crippen molar-refractivity contribution in [3.8, 4) is 22.9 Å². The van der Waals surface area contributed by atoms with Gasteiger partial charge in [0.15, 0.2) is 17.3 Å². The van der Waals surface area contributed by atoms with Crippen LogP contribution in [-0.4, -0.2) is 39.6 Å². The highest BCUT2D eigenvalue weighted by molar-refractivity contribution is 7.99. The summed E-state index contributed by atoms with van der Waals surface area (Å²) in [5.41, 5.74) is 0.0764. The van der Waals surface area contributed by atoms with E-state index < -0.39 is 18.4 Å². The molecular formula is C22H17F5N4O2S. The summed E-state index contributed by atoms with van der Waals surface area (Å²) >= 11 is 1.25. The number of fused-ring (bicyclic) bond motifs is 1. The first-order chi connectivity index (χ1) is 16.3. The lowest BCUT2D eigenvalue weighted by Crippen LogP contribution is -2.15. The van der Waals surface area contributed by atoms with Gasteiger partial charge in [0.2, 0.25) is 5.16 Å². The van der Waals surface area contributed by atoms with Crippen molar-refractivity contribution < 1.29 is 31.4 Å². The maximum atomic E-state index is 13.5. The Hall–Kier alpha value is -3.15. The molecule has 0 unspecified atom stereocenters. The van der Waals surface area contributed by atoms with Crippen molar-refractivity contribution in [2.75, 3.05) is 12.4 Å². The monoisotopic (exact) mass is 496 g/mol. The van der Waals surface area contributed by atoms with E-state index >= 15 is 0 Å². The zero-order chi connectivity index (χ0) is 23.9. The standard InChI is InChI=1S/C22H17F5N4O2S/c23-20(24)33-17-8-7-13(9-18(17)32-10-12-5-6-12)16-11-34-21-29-28-19(31(21)30-16)14-3-1-2-4-15(14)22(25,26)27/h1-4,7-9,12,20H,5-6,10-11H2. The van der Waals surface area contributed by atoms with Crippen molar-refractivity contribution in [2.45, 2.75) is 30.8 Å². The van der Waals surface area contributed by atoms with Crippen LogP contribution in [0.1, 0.15) is 24.0 Å². The van der Waals surface area contributed by atoms with Gasteiger partial charge < -0.3 is 9.47 Å². The van der Waals surface area contributed by atoms with Crippen molar-refractivity contribution in [3.05, 3.63) is 53.6 Å². The minimum atomic E-state index is -4.58. The fraction of sp³-hybridized carbons (Fsp3) is 0.318. The predicted octanol–water partition coefficient (Wildman–Crippen LogP) is 5.71. The van der Waals surface area contributed by atoms with Gasteiger partial charge in [0.25, 0.3) is 0 Å². The number of hydrogen-bond donors (Lipinski definition) is 0. The Labute approximate surface area is 194 Å². The van der Waals surface area contributed by atoms with Gasteiger partial charge in [-0.05, 0) is 43.0 Å². The van der Waals surface area contributed by atoms with Gasteiger partial charge in [0, 0.05) is 16.9 Å². The maximum absolute atomic E-state index is 13.5. The molecule has 2 heterocycles. The lowest BCUT2D eigenvalue weighted by atomic mass is 10.1. The molecule has 1 fully saturated rings. The third kappa shape index (κ3) is 4.72. The molecule has 0 radical (unpaired) electrons. The number of halogens is 5. The Morgan fingerprint density at radius 2 is 1.85 bits per heavy atom. The van der Waals surface area contributed by atoms with Crippen molar-refractivity contribution in [1.82, 2.24) is 14.9 Å². The molecule has 1 saturated carbocycles. The average Bonchev–Trinajstić information content (AvgIpc) is 3.54. The van der Waals surface area contributed by atoms with Crippen LogP contribution in [0.5, 0.6) is 11.5 Å². The minimum Gasteiger partial charge on any atom is -0.489 e. The van der Waals surface area contributed by atoms with Gasteiger partial charge in [-0.3, -0.25) is 0 Å². The molecule has 6 nitrogen and oxygen atoms in total. The molecule has 5 rings (SSSR count). The molecule has 178 valence electrons. The van der Waals surface area contributed by atoms with Crippen LogP contribution in [0.2, 0.25) is 0 Å². The fourth-order valence-corrected chi connectivity index (χ4v) is 4.29. The first kappa shape index (κ1) is 22.6. The summed E-state index contributed by atoms with van der Waals surface area (Å²) in [6.07, 6.45) is -2.54. The Kier molecular flexibility index (Phi) is 5.92. The SMILES string of the molecule is FC(F)Oc1ccc(C2=Nn3c(nnc3-c3ccccc3C(F)(F)F)SC2)cc1OCC1CC1. The van der Waals surface area contributed by atoms with E-state index in [1.54, 1.807) is 12.1 Å². The highest BCUT2D eigenvalue weighted by Gasteiger charge is 2.35. The summed E-state index contributed by atoms with van der Waals surface area (Å²) in [7, 11) is 0. The highest BCUT2D eigenvalue weighted by Crippen LogP contribution is 2.39. The van der Waals surface area contributed by atoms with Crippen molar-refractivity contribution in [1.29, 1.82) is 0 Å². The largest absolute Gasteiger partial charge is 0.489 e. The van der Waals surface area contributed by atoms with Gasteiger partial charge in [0.1, 0.15) is 0 Å². The first-order valence-corrected chi connectivity index (χ1v) is 11.3. The van der Waals surface area contributed by atoms with Gasteiger partial charge >= 0.3 is 12.8 Å². The molecule has 0 atom stereocenters. The number of rotatable bonds is 7. The number of hydrogen-bond acceptors (Lipinski definition) is 6. The highest BCUT2D eigenvalue weighted by atomic mass is 32.2. The van der Waals surface area contributed by atoms with Gasteiger partial charge in [-0.1, -0.05) is 30.0 Å². The molecule has 34 heavy (non-hydrogen) atoms. The summed E-state index contributed by atoms with van der Waals surface area (Å²) in [6, 6.07) is 9.56. The van der Waals surface area contributed by atoms with E-state index in [1.165, 1.54) is 40.7 Å². The lowest BCUT2D eigenvalue weighted by Gasteiger charge is -2.17. The number of aromatic nitrogens is 3. The second kappa shape index (κ2) is 8.90. The maximum Gasteiger partial charge on any atom is 0.417 e. The van der Waals surface area contributed by atoms with Crippen LogP contribution >= 0.6 is 11.8 Å². The summed E-state index contributed by atoms with van der Waals surface area (Å²) in [6.45, 7) is -2.62. The van der Waals surface area contributed by atoms with Crippen LogP contribution in [0.3, 0.4) is 0 Å². The number of benzene rings is 2. The molecule has 2 aliphatic rings. The summed E-state index contributed by atoms with van der Waals surface area (Å²) in [5.74, 6) is 0.774. The molecular weight excluding hydrogens is 479 g/mol. The summed E-state index contributed by atoms with van der Waals surface area (Å²) in [5, 5.41) is 12.8. The smallest absolute Gasteiger partial charge is 0.417 e. The van der Waals surface area contributed by atoms with E-state index in [0.29, 0.717) is 34.7 Å². The minimum absolute atomic E-state index is 0.0458. The third-order valence-electron chi connectivity index (χ3n) is 5.31. The summed E-state index contributed by atoms with van der Waals surface area (Å²) < 4.78 is 77.8. The van der Waals surface area contributed by atoms with Gasteiger partial charge in [-0.2, -0.15) is 31.7 Å². The molecule has 0 amide bonds. The van der Waals surface area contributed by atoms with Gasteiger partial charge in [0.05, 0.1) is 17.9 Å². The van der Waals surface area contributed by atoms with E-state index in [0.717, 1.165) is 18.9 Å². The van der Waals surface area contributed by atoms with E-state index in [2.05, 4.69) is 20.0 Å². The van der Waals surface area contributed by atoms with E-state index in [4.69, 9.17) is 4.74 Å². The third-order valence-corrected chi connectivity index (χ3v) is 6.24. The number of nitrogens with zero attached hydrogens (tertiary/aromatic N) is 4. The van der Waals surface area contributed by atoms with E-state index in [9.17, 15) is 22.0 Å². The Bertz CT molecular complexity index is 1240. The zero-order valence-corrected chi connectivity index (χ0v) is 18.2. The Morgan fingerprint density at radius 1 is 1.06 bits per heavy atom. The van der Waals surface area contributed by atoms with Crippen LogP contribution in [0.4, 0.5) is 22.0 Å². The van der Waals surface area contributed by atoms with Crippen LogP contribution in [0.15, 0.2) is 52.7 Å². The van der Waals surface area contributed by atoms with Crippen LogP contribution in [0.25, 0.3) is 11.4 Å². The van der Waals surface area contributed by atoms with Crippen molar-refractivity contribution in [3.63, 3.8) is 0 Å². The van der Waals surface area contributed by atoms with Crippen LogP contribution in [0, 0.1) is 5.92 Å². The summed E-state index contributed by atoms with van der Waals surface area (Å²) in [4.78, 5) is 0. The zero-order valence-electron chi connectivity index (χ0n) is 17.4. The topological polar surface area (TPSA) is 61.5 Å². The fourth-order valence-electron chi connectivity index (χ4n) is 3.45. The van der Waals surface area contributed by atoms with Crippen molar-refractivity contribution >= 4 is 17.5 Å². The Balaban J connectivity index is 1.52. The second-order valence-corrected chi connectivity index (χ2v) is 8.73. The molecule has 2 aromatic carbocycles. The Morgan fingerprint density at radius 3 is 2.59 bits per heavy atom. The van der Waals surface area contributed by atoms with Gasteiger partial charge in [-0.15, -0.1) is 10.2 Å². The molecule has 0 spiro atoms. The van der Waals surface area contributed by atoms with Crippen molar-refractivity contribution in [2.24, 2.45) is 11.0 Å². The van der Waals surface area contributed by atoms with E-state index in [-0.39, 0.29) is 22.9 Å². The van der Waals surface area contributed by atoms with Gasteiger partial charge in [-0.25, -0.2) is 0 Å². The first-order valence-electron chi connectivity index (χ1n) is 10.3. The normalized spacial score (nSPS) is 15.8. The number of alkyl halides is 5. The molecule has 0 N–H and O–H groups in total. The van der Waals surface area contributed by atoms with Crippen LogP contribution in [-0.2, 0) is 6.18 Å². The van der Waals surface area contributed by atoms with Crippen LogP contribution < -0.4 is 9.47 Å². The molecule has 0 saturated heterocycles. The predicted molar refractivity (Wildman–Crippen MR) is 114 cm³/mol. The number of ether oxygens (including phenoxy) is 2. The molecule has 0 bridgehead atoms. The average molecular weight is 496 g/mol. The molecule has 1 aliphatic heterocycles. The quantitative estimate of drug-likeness (QED) is 0.392. The molecule has 1 aliphatic carbocycles. The second-order valence-electron chi connectivity index (χ2n) is 7.79. The lowest BCUT2D eigenvalue weighted by molar-refractivity contribution is -0.137. The number of thioether (sulfide) groups is 1.